The molecule has 0 amide bonds. The molecule has 1 aliphatic carbocycles. The van der Waals surface area contributed by atoms with Gasteiger partial charge in [-0.3, -0.25) is 0 Å². The Bertz CT molecular complexity index is 836. The fourth-order valence-electron chi connectivity index (χ4n) is 4.31. The van der Waals surface area contributed by atoms with E-state index in [1.165, 1.54) is 17.7 Å². The fraction of sp³-hybridized carbons (Fsp3) is 0.571. The third kappa shape index (κ3) is 3.64. The summed E-state index contributed by atoms with van der Waals surface area (Å²) in [5, 5.41) is 11.3. The molecule has 0 saturated carbocycles. The molecule has 2 heterocycles. The van der Waals surface area contributed by atoms with E-state index in [9.17, 15) is 9.90 Å². The van der Waals surface area contributed by atoms with Gasteiger partial charge in [0.1, 0.15) is 30.6 Å². The SMILES string of the molecule is CC1CC[NH+](CC(O)COc2ccc3c4c(c(=O)oc3c2)CCC4)CC1. The number of fused-ring (bicyclic) bond motifs is 3. The minimum atomic E-state index is -0.485. The summed E-state index contributed by atoms with van der Waals surface area (Å²) >= 11 is 0. The number of ether oxygens (including phenoxy) is 1. The molecule has 2 N–H and O–H groups in total. The molecule has 1 unspecified atom stereocenters. The Morgan fingerprint density at radius 3 is 2.85 bits per heavy atom. The van der Waals surface area contributed by atoms with Crippen LogP contribution in [-0.2, 0) is 12.8 Å². The molecule has 1 saturated heterocycles. The van der Waals surface area contributed by atoms with Crippen molar-refractivity contribution in [1.82, 2.24) is 0 Å². The average molecular weight is 358 g/mol. The van der Waals surface area contributed by atoms with Gasteiger partial charge in [0, 0.05) is 17.0 Å². The number of nitrogens with one attached hydrogen (secondary N) is 1. The monoisotopic (exact) mass is 358 g/mol. The van der Waals surface area contributed by atoms with E-state index in [0.717, 1.165) is 61.3 Å². The van der Waals surface area contributed by atoms with Crippen molar-refractivity contribution in [1.29, 1.82) is 0 Å². The normalized spacial score (nSPS) is 23.8. The molecule has 26 heavy (non-hydrogen) atoms. The first-order valence-corrected chi connectivity index (χ1v) is 9.83. The molecule has 2 aliphatic rings. The van der Waals surface area contributed by atoms with E-state index in [4.69, 9.17) is 9.15 Å². The Balaban J connectivity index is 1.40. The van der Waals surface area contributed by atoms with Crippen molar-refractivity contribution in [3.8, 4) is 5.75 Å². The number of quaternary nitrogens is 1. The highest BCUT2D eigenvalue weighted by molar-refractivity contribution is 5.83. The van der Waals surface area contributed by atoms with Crippen LogP contribution in [-0.4, -0.2) is 37.5 Å². The van der Waals surface area contributed by atoms with Gasteiger partial charge in [-0.1, -0.05) is 6.92 Å². The van der Waals surface area contributed by atoms with Crippen LogP contribution in [0, 0.1) is 5.92 Å². The summed E-state index contributed by atoms with van der Waals surface area (Å²) in [5.74, 6) is 1.45. The van der Waals surface area contributed by atoms with Crippen molar-refractivity contribution in [3.05, 3.63) is 39.7 Å². The number of aliphatic hydroxyl groups excluding tert-OH is 1. The van der Waals surface area contributed by atoms with E-state index in [0.29, 0.717) is 11.3 Å². The molecule has 1 aromatic heterocycles. The van der Waals surface area contributed by atoms with Crippen molar-refractivity contribution in [2.45, 2.75) is 45.1 Å². The molecule has 4 rings (SSSR count). The summed E-state index contributed by atoms with van der Waals surface area (Å²) in [5.41, 5.74) is 2.33. The van der Waals surface area contributed by atoms with Gasteiger partial charge < -0.3 is 19.2 Å². The van der Waals surface area contributed by atoms with E-state index >= 15 is 0 Å². The van der Waals surface area contributed by atoms with Crippen LogP contribution < -0.4 is 15.3 Å². The molecule has 2 aromatic rings. The Hall–Kier alpha value is -1.85. The zero-order chi connectivity index (χ0) is 18.1. The number of likely N-dealkylation sites (tertiary alicyclic amines) is 1. The number of rotatable bonds is 5. The molecule has 1 aromatic carbocycles. The Kier molecular flexibility index (Phi) is 5.00. The molecule has 0 spiro atoms. The minimum Gasteiger partial charge on any atom is -0.491 e. The highest BCUT2D eigenvalue weighted by atomic mass is 16.5. The van der Waals surface area contributed by atoms with Gasteiger partial charge in [-0.25, -0.2) is 4.79 Å². The third-order valence-electron chi connectivity index (χ3n) is 5.89. The minimum absolute atomic E-state index is 0.217. The summed E-state index contributed by atoms with van der Waals surface area (Å²) in [6.45, 7) is 5.54. The van der Waals surface area contributed by atoms with Crippen LogP contribution in [0.2, 0.25) is 0 Å². The molecule has 1 fully saturated rings. The molecule has 0 bridgehead atoms. The molecule has 1 aliphatic heterocycles. The van der Waals surface area contributed by atoms with Gasteiger partial charge in [-0.05, 0) is 55.7 Å². The van der Waals surface area contributed by atoms with E-state index in [1.807, 2.05) is 12.1 Å². The zero-order valence-electron chi connectivity index (χ0n) is 15.4. The predicted octanol–water partition coefficient (Wildman–Crippen LogP) is 1.34. The van der Waals surface area contributed by atoms with Crippen molar-refractivity contribution < 1.29 is 19.2 Å². The van der Waals surface area contributed by atoms with Crippen LogP contribution in [0.4, 0.5) is 0 Å². The van der Waals surface area contributed by atoms with Gasteiger partial charge in [0.25, 0.3) is 0 Å². The van der Waals surface area contributed by atoms with E-state index < -0.39 is 6.10 Å². The molecule has 5 nitrogen and oxygen atoms in total. The van der Waals surface area contributed by atoms with Crippen LogP contribution in [0.25, 0.3) is 11.0 Å². The maximum absolute atomic E-state index is 12.1. The highest BCUT2D eigenvalue weighted by Gasteiger charge is 2.22. The first-order valence-electron chi connectivity index (χ1n) is 9.83. The summed E-state index contributed by atoms with van der Waals surface area (Å²) < 4.78 is 11.3. The molecule has 1 atom stereocenters. The van der Waals surface area contributed by atoms with E-state index in [2.05, 4.69) is 6.92 Å². The van der Waals surface area contributed by atoms with Crippen molar-refractivity contribution in [3.63, 3.8) is 0 Å². The second kappa shape index (κ2) is 7.41. The lowest BCUT2D eigenvalue weighted by atomic mass is 9.99. The summed E-state index contributed by atoms with van der Waals surface area (Å²) in [7, 11) is 0. The number of aliphatic hydroxyl groups is 1. The average Bonchev–Trinajstić information content (AvgIpc) is 3.12. The first kappa shape index (κ1) is 17.6. The maximum atomic E-state index is 12.1. The highest BCUT2D eigenvalue weighted by Crippen LogP contribution is 2.29. The quantitative estimate of drug-likeness (QED) is 0.792. The number of hydrogen-bond donors (Lipinski definition) is 2. The molecular formula is C21H28NO4+. The summed E-state index contributed by atoms with van der Waals surface area (Å²) in [6, 6.07) is 5.65. The van der Waals surface area contributed by atoms with E-state index in [-0.39, 0.29) is 12.2 Å². The van der Waals surface area contributed by atoms with Crippen LogP contribution in [0.15, 0.2) is 27.4 Å². The Morgan fingerprint density at radius 2 is 2.04 bits per heavy atom. The summed E-state index contributed by atoms with van der Waals surface area (Å²) in [4.78, 5) is 13.6. The topological polar surface area (TPSA) is 64.1 Å². The van der Waals surface area contributed by atoms with Crippen molar-refractivity contribution in [2.75, 3.05) is 26.2 Å². The van der Waals surface area contributed by atoms with Crippen molar-refractivity contribution >= 4 is 11.0 Å². The molecule has 140 valence electrons. The lowest BCUT2D eigenvalue weighted by Gasteiger charge is -2.28. The van der Waals surface area contributed by atoms with Gasteiger partial charge in [0.2, 0.25) is 0 Å². The standard InChI is InChI=1S/C21H27NO4/c1-14-7-9-22(10-8-14)12-15(23)13-25-16-5-6-18-17-3-2-4-19(17)21(24)26-20(18)11-16/h5-6,11,14-15,23H,2-4,7-10,12-13H2,1H3/p+1. The molecule has 0 radical (unpaired) electrons. The van der Waals surface area contributed by atoms with Gasteiger partial charge in [-0.15, -0.1) is 0 Å². The number of benzene rings is 1. The Morgan fingerprint density at radius 1 is 1.27 bits per heavy atom. The molecular weight excluding hydrogens is 330 g/mol. The smallest absolute Gasteiger partial charge is 0.339 e. The van der Waals surface area contributed by atoms with Crippen LogP contribution in [0.3, 0.4) is 0 Å². The van der Waals surface area contributed by atoms with Crippen molar-refractivity contribution in [2.24, 2.45) is 5.92 Å². The van der Waals surface area contributed by atoms with Gasteiger partial charge in [0.05, 0.1) is 13.1 Å². The number of hydrogen-bond acceptors (Lipinski definition) is 4. The zero-order valence-corrected chi connectivity index (χ0v) is 15.4. The van der Waals surface area contributed by atoms with Crippen LogP contribution >= 0.6 is 0 Å². The van der Waals surface area contributed by atoms with Gasteiger partial charge in [-0.2, -0.15) is 0 Å². The maximum Gasteiger partial charge on any atom is 0.339 e. The van der Waals surface area contributed by atoms with Gasteiger partial charge >= 0.3 is 5.63 Å². The number of piperidine rings is 1. The third-order valence-corrected chi connectivity index (χ3v) is 5.89. The Labute approximate surface area is 153 Å². The van der Waals surface area contributed by atoms with Crippen LogP contribution in [0.1, 0.15) is 37.3 Å². The second-order valence-electron chi connectivity index (χ2n) is 7.96. The van der Waals surface area contributed by atoms with Gasteiger partial charge in [0.15, 0.2) is 0 Å². The van der Waals surface area contributed by atoms with E-state index in [1.54, 1.807) is 6.07 Å². The van der Waals surface area contributed by atoms with Crippen LogP contribution in [0.5, 0.6) is 5.75 Å². The summed E-state index contributed by atoms with van der Waals surface area (Å²) in [6.07, 6.45) is 4.75. The largest absolute Gasteiger partial charge is 0.491 e. The fourth-order valence-corrected chi connectivity index (χ4v) is 4.31. The lowest BCUT2D eigenvalue weighted by Crippen LogP contribution is -3.14. The lowest BCUT2D eigenvalue weighted by molar-refractivity contribution is -0.909. The predicted molar refractivity (Wildman–Crippen MR) is 100.0 cm³/mol. The second-order valence-corrected chi connectivity index (χ2v) is 7.96. The number of aryl methyl sites for hydroxylation is 1. The molecule has 5 heteroatoms. The first-order chi connectivity index (χ1) is 12.6.